The number of hydrogen-bond acceptors (Lipinski definition) is 7. The van der Waals surface area contributed by atoms with Crippen LogP contribution in [0.4, 0.5) is 4.79 Å². The van der Waals surface area contributed by atoms with Gasteiger partial charge in [0, 0.05) is 18.9 Å². The van der Waals surface area contributed by atoms with E-state index >= 15 is 0 Å². The highest BCUT2D eigenvalue weighted by Gasteiger charge is 2.26. The Morgan fingerprint density at radius 2 is 1.96 bits per heavy atom. The fourth-order valence-electron chi connectivity index (χ4n) is 2.25. The van der Waals surface area contributed by atoms with Gasteiger partial charge in [-0.2, -0.15) is 0 Å². The molecule has 0 aliphatic heterocycles. The first kappa shape index (κ1) is 18.6. The molecule has 0 radical (unpaired) electrons. The monoisotopic (exact) mass is 383 g/mol. The summed E-state index contributed by atoms with van der Waals surface area (Å²) in [5.41, 5.74) is 1.39. The minimum absolute atomic E-state index is 0.216. The zero-order valence-corrected chi connectivity index (χ0v) is 15.3. The Morgan fingerprint density at radius 3 is 2.67 bits per heavy atom. The van der Waals surface area contributed by atoms with E-state index in [9.17, 15) is 9.59 Å². The standard InChI is InChI=1S/C18H17N5O3S/c1-2-20-17(25)21-15(24)14(12-7-4-3-5-8-12)27-18-23-22-16(26-18)13-9-6-10-19-11-13/h3-11,14H,2H2,1H3,(H2,20,21,24,25)/t14-/m1/s1. The minimum Gasteiger partial charge on any atom is -0.411 e. The molecule has 8 nitrogen and oxygen atoms in total. The van der Waals surface area contributed by atoms with Crippen LogP contribution in [0, 0.1) is 0 Å². The lowest BCUT2D eigenvalue weighted by atomic mass is 10.1. The lowest BCUT2D eigenvalue weighted by Gasteiger charge is -2.14. The number of urea groups is 1. The smallest absolute Gasteiger partial charge is 0.321 e. The molecular formula is C18H17N5O3S. The molecule has 3 amide bonds. The summed E-state index contributed by atoms with van der Waals surface area (Å²) in [5.74, 6) is -0.167. The number of thioether (sulfide) groups is 1. The average molecular weight is 383 g/mol. The first-order valence-corrected chi connectivity index (χ1v) is 9.09. The lowest BCUT2D eigenvalue weighted by molar-refractivity contribution is -0.119. The van der Waals surface area contributed by atoms with Crippen molar-refractivity contribution in [1.29, 1.82) is 0 Å². The van der Waals surface area contributed by atoms with Crippen molar-refractivity contribution in [3.8, 4) is 11.5 Å². The number of nitrogens with one attached hydrogen (secondary N) is 2. The maximum atomic E-state index is 12.6. The number of carbonyl (C=O) groups excluding carboxylic acids is 2. The van der Waals surface area contributed by atoms with E-state index in [1.165, 1.54) is 0 Å². The molecule has 0 bridgehead atoms. The van der Waals surface area contributed by atoms with Crippen molar-refractivity contribution in [2.45, 2.75) is 17.4 Å². The van der Waals surface area contributed by atoms with E-state index in [2.05, 4.69) is 25.8 Å². The second-order valence-electron chi connectivity index (χ2n) is 5.37. The molecule has 2 aromatic heterocycles. The summed E-state index contributed by atoms with van der Waals surface area (Å²) in [4.78, 5) is 28.4. The first-order chi connectivity index (χ1) is 13.2. The quantitative estimate of drug-likeness (QED) is 0.630. The lowest BCUT2D eigenvalue weighted by Crippen LogP contribution is -2.41. The third kappa shape index (κ3) is 4.91. The van der Waals surface area contributed by atoms with E-state index in [1.807, 2.05) is 18.2 Å². The number of rotatable bonds is 6. The van der Waals surface area contributed by atoms with E-state index in [0.717, 1.165) is 11.8 Å². The van der Waals surface area contributed by atoms with E-state index in [4.69, 9.17) is 4.42 Å². The van der Waals surface area contributed by atoms with Crippen LogP contribution in [0.15, 0.2) is 64.5 Å². The SMILES string of the molecule is CCNC(=O)NC(=O)[C@H](Sc1nnc(-c2cccnc2)o1)c1ccccc1. The zero-order valence-electron chi connectivity index (χ0n) is 14.5. The molecule has 9 heteroatoms. The number of pyridine rings is 1. The molecule has 0 fully saturated rings. The molecule has 0 saturated carbocycles. The largest absolute Gasteiger partial charge is 0.411 e. The Labute approximate surface area is 159 Å². The Hall–Kier alpha value is -3.20. The van der Waals surface area contributed by atoms with Crippen LogP contribution in [0.5, 0.6) is 0 Å². The predicted octanol–water partition coefficient (Wildman–Crippen LogP) is 2.81. The van der Waals surface area contributed by atoms with E-state index in [-0.39, 0.29) is 5.22 Å². The summed E-state index contributed by atoms with van der Waals surface area (Å²) in [6.07, 6.45) is 3.26. The molecule has 3 rings (SSSR count). The molecule has 3 aromatic rings. The highest BCUT2D eigenvalue weighted by Crippen LogP contribution is 2.35. The normalized spacial score (nSPS) is 11.6. The summed E-state index contributed by atoms with van der Waals surface area (Å²) in [6.45, 7) is 2.19. The van der Waals surface area contributed by atoms with Crippen molar-refractivity contribution in [3.05, 3.63) is 60.4 Å². The number of carbonyl (C=O) groups is 2. The van der Waals surface area contributed by atoms with Gasteiger partial charge >= 0.3 is 6.03 Å². The second-order valence-corrected chi connectivity index (χ2v) is 6.43. The summed E-state index contributed by atoms with van der Waals surface area (Å²) < 4.78 is 5.64. The van der Waals surface area contributed by atoms with Crippen LogP contribution in [0.3, 0.4) is 0 Å². The Morgan fingerprint density at radius 1 is 1.15 bits per heavy atom. The average Bonchev–Trinajstić information content (AvgIpc) is 3.16. The maximum absolute atomic E-state index is 12.6. The number of aromatic nitrogens is 3. The van der Waals surface area contributed by atoms with Gasteiger partial charge < -0.3 is 9.73 Å². The molecule has 138 valence electrons. The van der Waals surface area contributed by atoms with E-state index in [0.29, 0.717) is 23.6 Å². The van der Waals surface area contributed by atoms with Gasteiger partial charge in [-0.25, -0.2) is 4.79 Å². The molecule has 1 atom stereocenters. The highest BCUT2D eigenvalue weighted by atomic mass is 32.2. The van der Waals surface area contributed by atoms with E-state index < -0.39 is 17.2 Å². The minimum atomic E-state index is -0.726. The van der Waals surface area contributed by atoms with Crippen molar-refractivity contribution >= 4 is 23.7 Å². The molecule has 2 heterocycles. The molecule has 2 N–H and O–H groups in total. The van der Waals surface area contributed by atoms with Gasteiger partial charge in [0.15, 0.2) is 0 Å². The van der Waals surface area contributed by atoms with E-state index in [1.54, 1.807) is 43.6 Å². The molecule has 0 unspecified atom stereocenters. The van der Waals surface area contributed by atoms with Gasteiger partial charge in [0.05, 0.1) is 5.56 Å². The van der Waals surface area contributed by atoms with Gasteiger partial charge in [-0.05, 0) is 36.4 Å². The van der Waals surface area contributed by atoms with Crippen LogP contribution in [0.25, 0.3) is 11.5 Å². The number of benzene rings is 1. The van der Waals surface area contributed by atoms with Crippen LogP contribution < -0.4 is 10.6 Å². The van der Waals surface area contributed by atoms with Crippen LogP contribution in [0.1, 0.15) is 17.7 Å². The fourth-order valence-corrected chi connectivity index (χ4v) is 3.12. The summed E-state index contributed by atoms with van der Waals surface area (Å²) in [5, 5.41) is 12.3. The van der Waals surface area contributed by atoms with Gasteiger partial charge in [0.25, 0.3) is 5.22 Å². The number of imide groups is 1. The van der Waals surface area contributed by atoms with Gasteiger partial charge in [-0.1, -0.05) is 30.3 Å². The molecule has 0 spiro atoms. The van der Waals surface area contributed by atoms with Gasteiger partial charge in [0.2, 0.25) is 11.8 Å². The Kier molecular flexibility index (Phi) is 6.16. The summed E-state index contributed by atoms with van der Waals surface area (Å²) in [6, 6.07) is 12.1. The highest BCUT2D eigenvalue weighted by molar-refractivity contribution is 8.00. The van der Waals surface area contributed by atoms with Crippen LogP contribution in [0.2, 0.25) is 0 Å². The molecule has 0 aliphatic carbocycles. The maximum Gasteiger partial charge on any atom is 0.321 e. The first-order valence-electron chi connectivity index (χ1n) is 8.21. The third-order valence-corrected chi connectivity index (χ3v) is 4.54. The third-order valence-electron chi connectivity index (χ3n) is 3.45. The molecule has 0 saturated heterocycles. The second kappa shape index (κ2) is 8.95. The van der Waals surface area contributed by atoms with Crippen molar-refractivity contribution < 1.29 is 14.0 Å². The Balaban J connectivity index is 1.81. The van der Waals surface area contributed by atoms with Crippen LogP contribution in [-0.2, 0) is 4.79 Å². The topological polar surface area (TPSA) is 110 Å². The summed E-state index contributed by atoms with van der Waals surface area (Å²) >= 11 is 1.07. The fraction of sp³-hybridized carbons (Fsp3) is 0.167. The van der Waals surface area contributed by atoms with Crippen molar-refractivity contribution in [3.63, 3.8) is 0 Å². The van der Waals surface area contributed by atoms with Gasteiger partial charge in [-0.15, -0.1) is 10.2 Å². The van der Waals surface area contributed by atoms with Crippen molar-refractivity contribution in [2.75, 3.05) is 6.54 Å². The zero-order chi connectivity index (χ0) is 19.1. The summed E-state index contributed by atoms with van der Waals surface area (Å²) in [7, 11) is 0. The molecule has 27 heavy (non-hydrogen) atoms. The van der Waals surface area contributed by atoms with Crippen molar-refractivity contribution in [2.24, 2.45) is 0 Å². The number of hydrogen-bond donors (Lipinski definition) is 2. The molecule has 1 aromatic carbocycles. The van der Waals surface area contributed by atoms with Crippen molar-refractivity contribution in [1.82, 2.24) is 25.8 Å². The number of nitrogens with zero attached hydrogens (tertiary/aromatic N) is 3. The molecule has 0 aliphatic rings. The number of amides is 3. The molecular weight excluding hydrogens is 366 g/mol. The predicted molar refractivity (Wildman–Crippen MR) is 99.8 cm³/mol. The van der Waals surface area contributed by atoms with Gasteiger partial charge in [-0.3, -0.25) is 15.1 Å². The van der Waals surface area contributed by atoms with Crippen LogP contribution in [-0.4, -0.2) is 33.7 Å². The van der Waals surface area contributed by atoms with Gasteiger partial charge in [0.1, 0.15) is 5.25 Å². The Bertz CT molecular complexity index is 902. The van der Waals surface area contributed by atoms with Crippen LogP contribution >= 0.6 is 11.8 Å².